The van der Waals surface area contributed by atoms with Gasteiger partial charge in [-0.3, -0.25) is 4.79 Å². The zero-order chi connectivity index (χ0) is 11.0. The largest absolute Gasteiger partial charge is 0.320 e. The molecule has 1 aliphatic rings. The van der Waals surface area contributed by atoms with Crippen molar-refractivity contribution < 1.29 is 4.79 Å². The van der Waals surface area contributed by atoms with E-state index in [-0.39, 0.29) is 11.9 Å². The van der Waals surface area contributed by atoms with Crippen molar-refractivity contribution in [3.8, 4) is 0 Å². The maximum absolute atomic E-state index is 11.8. The van der Waals surface area contributed by atoms with E-state index in [0.717, 1.165) is 28.7 Å². The second-order valence-corrected chi connectivity index (χ2v) is 4.73. The lowest BCUT2D eigenvalue weighted by Gasteiger charge is -2.18. The number of anilines is 1. The van der Waals surface area contributed by atoms with Crippen molar-refractivity contribution in [2.75, 3.05) is 11.4 Å². The molecule has 2 N–H and O–H groups in total. The number of hydrogen-bond acceptors (Lipinski definition) is 2. The minimum absolute atomic E-state index is 0.0243. The molecule has 3 nitrogen and oxygen atoms in total. The number of aryl methyl sites for hydroxylation is 1. The zero-order valence-electron chi connectivity index (χ0n) is 8.53. The molecule has 1 aromatic carbocycles. The Morgan fingerprint density at radius 3 is 2.87 bits per heavy atom. The molecule has 2 rings (SSSR count). The average molecular weight is 269 g/mol. The third kappa shape index (κ3) is 1.92. The summed E-state index contributed by atoms with van der Waals surface area (Å²) in [6.45, 7) is 2.72. The smallest absolute Gasteiger partial charge is 0.243 e. The number of amides is 1. The van der Waals surface area contributed by atoms with Crippen molar-refractivity contribution in [1.82, 2.24) is 0 Å². The number of benzene rings is 1. The van der Waals surface area contributed by atoms with Crippen LogP contribution in [0.15, 0.2) is 22.7 Å². The van der Waals surface area contributed by atoms with Gasteiger partial charge in [0.2, 0.25) is 5.91 Å². The minimum atomic E-state index is -0.330. The number of carbonyl (C=O) groups excluding carboxylic acids is 1. The summed E-state index contributed by atoms with van der Waals surface area (Å²) in [7, 11) is 0. The highest BCUT2D eigenvalue weighted by atomic mass is 79.9. The van der Waals surface area contributed by atoms with E-state index in [1.807, 2.05) is 25.1 Å². The van der Waals surface area contributed by atoms with Crippen LogP contribution in [0.2, 0.25) is 0 Å². The first-order valence-corrected chi connectivity index (χ1v) is 5.72. The third-order valence-corrected chi connectivity index (χ3v) is 3.20. The fourth-order valence-electron chi connectivity index (χ4n) is 1.81. The van der Waals surface area contributed by atoms with Gasteiger partial charge in [0.25, 0.3) is 0 Å². The van der Waals surface area contributed by atoms with E-state index in [9.17, 15) is 4.79 Å². The predicted octanol–water partition coefficient (Wildman–Crippen LogP) is 1.82. The quantitative estimate of drug-likeness (QED) is 0.845. The van der Waals surface area contributed by atoms with Crippen LogP contribution in [-0.4, -0.2) is 18.5 Å². The van der Waals surface area contributed by atoms with E-state index in [0.29, 0.717) is 0 Å². The fraction of sp³-hybridized carbons (Fsp3) is 0.364. The zero-order valence-corrected chi connectivity index (χ0v) is 10.1. The molecule has 1 atom stereocenters. The molecule has 0 spiro atoms. The van der Waals surface area contributed by atoms with Crippen LogP contribution in [0, 0.1) is 6.92 Å². The Labute approximate surface area is 97.4 Å². The number of halogens is 1. The molecular formula is C11H13BrN2O. The molecule has 0 aromatic heterocycles. The van der Waals surface area contributed by atoms with Crippen LogP contribution in [-0.2, 0) is 4.79 Å². The molecular weight excluding hydrogens is 256 g/mol. The van der Waals surface area contributed by atoms with Crippen molar-refractivity contribution in [2.24, 2.45) is 5.73 Å². The number of nitrogens with zero attached hydrogens (tertiary/aromatic N) is 1. The van der Waals surface area contributed by atoms with Gasteiger partial charge in [0.1, 0.15) is 0 Å². The summed E-state index contributed by atoms with van der Waals surface area (Å²) in [4.78, 5) is 13.5. The average Bonchev–Trinajstić information content (AvgIpc) is 2.52. The number of nitrogens with two attached hydrogens (primary N) is 1. The first kappa shape index (κ1) is 10.6. The Balaban J connectivity index is 2.37. The fourth-order valence-corrected chi connectivity index (χ4v) is 2.16. The van der Waals surface area contributed by atoms with Crippen molar-refractivity contribution >= 4 is 27.5 Å². The highest BCUT2D eigenvalue weighted by Gasteiger charge is 2.30. The third-order valence-electron chi connectivity index (χ3n) is 2.71. The molecule has 0 bridgehead atoms. The van der Waals surface area contributed by atoms with Gasteiger partial charge in [-0.1, -0.05) is 22.0 Å². The lowest BCUT2D eigenvalue weighted by Crippen LogP contribution is -2.34. The summed E-state index contributed by atoms with van der Waals surface area (Å²) in [5.74, 6) is 0.0243. The summed E-state index contributed by atoms with van der Waals surface area (Å²) in [5.41, 5.74) is 7.75. The van der Waals surface area contributed by atoms with Gasteiger partial charge >= 0.3 is 0 Å². The second-order valence-electron chi connectivity index (χ2n) is 3.82. The number of hydrogen-bond donors (Lipinski definition) is 1. The maximum Gasteiger partial charge on any atom is 0.243 e. The van der Waals surface area contributed by atoms with Crippen LogP contribution in [0.25, 0.3) is 0 Å². The number of carbonyl (C=O) groups is 1. The molecule has 1 saturated heterocycles. The van der Waals surface area contributed by atoms with Crippen LogP contribution in [0.1, 0.15) is 12.0 Å². The van der Waals surface area contributed by atoms with Gasteiger partial charge in [0.05, 0.1) is 6.04 Å². The van der Waals surface area contributed by atoms with Crippen LogP contribution < -0.4 is 10.6 Å². The highest BCUT2D eigenvalue weighted by molar-refractivity contribution is 9.10. The standard InChI is InChI=1S/C11H13BrN2O/c1-7-2-3-8(12)6-10(7)14-5-4-9(13)11(14)15/h2-3,6,9H,4-5,13H2,1H3. The lowest BCUT2D eigenvalue weighted by molar-refractivity contribution is -0.118. The molecule has 4 heteroatoms. The molecule has 1 unspecified atom stereocenters. The molecule has 0 radical (unpaired) electrons. The highest BCUT2D eigenvalue weighted by Crippen LogP contribution is 2.27. The summed E-state index contributed by atoms with van der Waals surface area (Å²) in [5, 5.41) is 0. The topological polar surface area (TPSA) is 46.3 Å². The van der Waals surface area contributed by atoms with Gasteiger partial charge < -0.3 is 10.6 Å². The van der Waals surface area contributed by atoms with Crippen LogP contribution >= 0.6 is 15.9 Å². The van der Waals surface area contributed by atoms with E-state index in [1.165, 1.54) is 0 Å². The van der Waals surface area contributed by atoms with E-state index in [4.69, 9.17) is 5.73 Å². The van der Waals surface area contributed by atoms with Crippen molar-refractivity contribution in [2.45, 2.75) is 19.4 Å². The van der Waals surface area contributed by atoms with Gasteiger partial charge in [-0.2, -0.15) is 0 Å². The summed E-state index contributed by atoms with van der Waals surface area (Å²) in [6.07, 6.45) is 0.741. The predicted molar refractivity (Wildman–Crippen MR) is 63.8 cm³/mol. The van der Waals surface area contributed by atoms with Crippen molar-refractivity contribution in [1.29, 1.82) is 0 Å². The van der Waals surface area contributed by atoms with Gasteiger partial charge in [-0.25, -0.2) is 0 Å². The van der Waals surface area contributed by atoms with E-state index in [1.54, 1.807) is 4.90 Å². The molecule has 1 amide bonds. The van der Waals surface area contributed by atoms with E-state index >= 15 is 0 Å². The van der Waals surface area contributed by atoms with Crippen LogP contribution in [0.4, 0.5) is 5.69 Å². The Morgan fingerprint density at radius 1 is 1.53 bits per heavy atom. The normalized spacial score (nSPS) is 21.1. The van der Waals surface area contributed by atoms with Gasteiger partial charge in [0.15, 0.2) is 0 Å². The summed E-state index contributed by atoms with van der Waals surface area (Å²) in [6, 6.07) is 5.60. The van der Waals surface area contributed by atoms with Crippen LogP contribution in [0.5, 0.6) is 0 Å². The Hall–Kier alpha value is -0.870. The first-order chi connectivity index (χ1) is 7.09. The van der Waals surface area contributed by atoms with E-state index in [2.05, 4.69) is 15.9 Å². The molecule has 0 saturated carbocycles. The molecule has 0 aliphatic carbocycles. The minimum Gasteiger partial charge on any atom is -0.320 e. The Bertz CT molecular complexity index is 406. The molecule has 1 aliphatic heterocycles. The maximum atomic E-state index is 11.8. The molecule has 1 aromatic rings. The van der Waals surface area contributed by atoms with Crippen molar-refractivity contribution in [3.05, 3.63) is 28.2 Å². The molecule has 1 heterocycles. The summed E-state index contributed by atoms with van der Waals surface area (Å²) >= 11 is 3.41. The van der Waals surface area contributed by atoms with Gasteiger partial charge in [-0.15, -0.1) is 0 Å². The number of rotatable bonds is 1. The van der Waals surface area contributed by atoms with Crippen LogP contribution in [0.3, 0.4) is 0 Å². The second kappa shape index (κ2) is 3.94. The monoisotopic (exact) mass is 268 g/mol. The Kier molecular flexibility index (Phi) is 2.80. The lowest BCUT2D eigenvalue weighted by atomic mass is 10.2. The molecule has 80 valence electrons. The van der Waals surface area contributed by atoms with E-state index < -0.39 is 0 Å². The Morgan fingerprint density at radius 2 is 2.27 bits per heavy atom. The summed E-state index contributed by atoms with van der Waals surface area (Å²) < 4.78 is 0.983. The van der Waals surface area contributed by atoms with Crippen molar-refractivity contribution in [3.63, 3.8) is 0 Å². The van der Waals surface area contributed by atoms with Gasteiger partial charge in [0, 0.05) is 16.7 Å². The molecule has 15 heavy (non-hydrogen) atoms. The first-order valence-electron chi connectivity index (χ1n) is 4.92. The van der Waals surface area contributed by atoms with Gasteiger partial charge in [-0.05, 0) is 31.0 Å². The SMILES string of the molecule is Cc1ccc(Br)cc1N1CCC(N)C1=O. The molecule has 1 fully saturated rings.